The zero-order valence-electron chi connectivity index (χ0n) is 17.1. The van der Waals surface area contributed by atoms with Crippen LogP contribution in [0.2, 0.25) is 0 Å². The van der Waals surface area contributed by atoms with E-state index in [4.69, 9.17) is 5.11 Å². The number of halogens is 3. The van der Waals surface area contributed by atoms with Crippen LogP contribution in [-0.4, -0.2) is 23.0 Å². The second-order valence-corrected chi connectivity index (χ2v) is 7.45. The molecule has 3 rings (SSSR count). The molecule has 0 bridgehead atoms. The Labute approximate surface area is 183 Å². The number of rotatable bonds is 8. The number of hydrogen-bond acceptors (Lipinski definition) is 2. The zero-order chi connectivity index (χ0) is 23.1. The van der Waals surface area contributed by atoms with Crippen LogP contribution in [0.15, 0.2) is 78.9 Å². The molecular formula is C25H22F3NO3. The fraction of sp³-hybridized carbons (Fsp3) is 0.200. The second-order valence-electron chi connectivity index (χ2n) is 7.45. The summed E-state index contributed by atoms with van der Waals surface area (Å²) in [6.07, 6.45) is -4.22. The van der Waals surface area contributed by atoms with Gasteiger partial charge in [-0.05, 0) is 47.7 Å². The van der Waals surface area contributed by atoms with E-state index < -0.39 is 29.7 Å². The first kappa shape index (κ1) is 23.1. The molecule has 2 N–H and O–H groups in total. The number of carbonyl (C=O) groups is 2. The van der Waals surface area contributed by atoms with Crippen molar-refractivity contribution in [2.24, 2.45) is 0 Å². The molecule has 1 unspecified atom stereocenters. The third-order valence-corrected chi connectivity index (χ3v) is 5.04. The standard InChI is InChI=1S/C25H22F3NO3/c26-25(27,28)21-8-4-7-20(16-21)24(32)29-22(13-14-23(30)31)15-17-9-11-19(12-10-17)18-5-2-1-3-6-18/h1-12,16,22H,13-15H2,(H,29,32)(H,30,31). The molecule has 0 radical (unpaired) electrons. The molecule has 0 spiro atoms. The monoisotopic (exact) mass is 441 g/mol. The van der Waals surface area contributed by atoms with Gasteiger partial charge >= 0.3 is 12.1 Å². The van der Waals surface area contributed by atoms with Gasteiger partial charge in [-0.1, -0.05) is 60.7 Å². The van der Waals surface area contributed by atoms with Gasteiger partial charge in [-0.25, -0.2) is 0 Å². The molecule has 3 aromatic rings. The van der Waals surface area contributed by atoms with Gasteiger partial charge in [0.2, 0.25) is 0 Å². The topological polar surface area (TPSA) is 66.4 Å². The number of benzene rings is 3. The Hall–Kier alpha value is -3.61. The molecule has 7 heteroatoms. The average Bonchev–Trinajstić information content (AvgIpc) is 2.78. The molecule has 0 fully saturated rings. The summed E-state index contributed by atoms with van der Waals surface area (Å²) in [4.78, 5) is 23.6. The number of carboxylic acids is 1. The number of hydrogen-bond donors (Lipinski definition) is 2. The van der Waals surface area contributed by atoms with Crippen molar-refractivity contribution in [1.82, 2.24) is 5.32 Å². The summed E-state index contributed by atoms with van der Waals surface area (Å²) in [6, 6.07) is 21.1. The molecule has 166 valence electrons. The molecule has 1 atom stereocenters. The first-order valence-corrected chi connectivity index (χ1v) is 10.1. The van der Waals surface area contributed by atoms with Crippen molar-refractivity contribution < 1.29 is 27.9 Å². The maximum Gasteiger partial charge on any atom is 0.416 e. The molecule has 0 heterocycles. The molecule has 0 aliphatic rings. The summed E-state index contributed by atoms with van der Waals surface area (Å²) in [6.45, 7) is 0. The highest BCUT2D eigenvalue weighted by Crippen LogP contribution is 2.29. The van der Waals surface area contributed by atoms with Crippen LogP contribution in [0.5, 0.6) is 0 Å². The molecular weight excluding hydrogens is 419 g/mol. The highest BCUT2D eigenvalue weighted by molar-refractivity contribution is 5.94. The van der Waals surface area contributed by atoms with Crippen molar-refractivity contribution in [1.29, 1.82) is 0 Å². The third kappa shape index (κ3) is 6.44. The minimum absolute atomic E-state index is 0.125. The minimum Gasteiger partial charge on any atom is -0.481 e. The molecule has 0 aromatic heterocycles. The lowest BCUT2D eigenvalue weighted by atomic mass is 9.98. The number of carboxylic acid groups (broad SMARTS) is 1. The van der Waals surface area contributed by atoms with E-state index in [0.717, 1.165) is 28.8 Å². The number of alkyl halides is 3. The minimum atomic E-state index is -4.56. The lowest BCUT2D eigenvalue weighted by molar-refractivity contribution is -0.138. The largest absolute Gasteiger partial charge is 0.481 e. The molecule has 0 aliphatic heterocycles. The van der Waals surface area contributed by atoms with E-state index in [1.54, 1.807) is 0 Å². The van der Waals surface area contributed by atoms with E-state index in [2.05, 4.69) is 5.32 Å². The smallest absolute Gasteiger partial charge is 0.416 e. The van der Waals surface area contributed by atoms with Crippen molar-refractivity contribution in [3.63, 3.8) is 0 Å². The number of nitrogens with one attached hydrogen (secondary N) is 1. The highest BCUT2D eigenvalue weighted by Gasteiger charge is 2.31. The average molecular weight is 441 g/mol. The molecule has 0 aliphatic carbocycles. The SMILES string of the molecule is O=C(O)CCC(Cc1ccc(-c2ccccc2)cc1)NC(=O)c1cccc(C(F)(F)F)c1. The first-order valence-electron chi connectivity index (χ1n) is 10.1. The van der Waals surface area contributed by atoms with Crippen LogP contribution in [0.25, 0.3) is 11.1 Å². The molecule has 32 heavy (non-hydrogen) atoms. The molecule has 3 aromatic carbocycles. The summed E-state index contributed by atoms with van der Waals surface area (Å²) in [7, 11) is 0. The van der Waals surface area contributed by atoms with Crippen LogP contribution in [0.3, 0.4) is 0 Å². The Balaban J connectivity index is 1.73. The van der Waals surface area contributed by atoms with Gasteiger partial charge in [0.25, 0.3) is 5.91 Å². The van der Waals surface area contributed by atoms with E-state index >= 15 is 0 Å². The molecule has 4 nitrogen and oxygen atoms in total. The quantitative estimate of drug-likeness (QED) is 0.480. The van der Waals surface area contributed by atoms with E-state index in [1.165, 1.54) is 12.1 Å². The Kier molecular flexibility index (Phi) is 7.30. The zero-order valence-corrected chi connectivity index (χ0v) is 17.1. The van der Waals surface area contributed by atoms with Gasteiger partial charge in [-0.15, -0.1) is 0 Å². The maximum atomic E-state index is 12.9. The Bertz CT molecular complexity index is 1060. The Morgan fingerprint density at radius 2 is 1.53 bits per heavy atom. The van der Waals surface area contributed by atoms with Gasteiger partial charge in [0.1, 0.15) is 0 Å². The van der Waals surface area contributed by atoms with Gasteiger partial charge in [-0.2, -0.15) is 13.2 Å². The van der Waals surface area contributed by atoms with Gasteiger partial charge < -0.3 is 10.4 Å². The second kappa shape index (κ2) is 10.1. The fourth-order valence-corrected chi connectivity index (χ4v) is 3.38. The number of amides is 1. The number of carbonyl (C=O) groups excluding carboxylic acids is 1. The van der Waals surface area contributed by atoms with Crippen LogP contribution in [0, 0.1) is 0 Å². The number of aliphatic carboxylic acids is 1. The molecule has 0 saturated heterocycles. The third-order valence-electron chi connectivity index (χ3n) is 5.04. The summed E-state index contributed by atoms with van der Waals surface area (Å²) in [5.74, 6) is -1.69. The van der Waals surface area contributed by atoms with E-state index in [9.17, 15) is 22.8 Å². The van der Waals surface area contributed by atoms with Crippen LogP contribution in [0.4, 0.5) is 13.2 Å². The van der Waals surface area contributed by atoms with Crippen LogP contribution < -0.4 is 5.32 Å². The predicted molar refractivity (Wildman–Crippen MR) is 115 cm³/mol. The van der Waals surface area contributed by atoms with Crippen molar-refractivity contribution in [3.05, 3.63) is 95.6 Å². The van der Waals surface area contributed by atoms with Crippen molar-refractivity contribution in [2.75, 3.05) is 0 Å². The van der Waals surface area contributed by atoms with Crippen molar-refractivity contribution >= 4 is 11.9 Å². The lowest BCUT2D eigenvalue weighted by Gasteiger charge is -2.19. The summed E-state index contributed by atoms with van der Waals surface area (Å²) in [5, 5.41) is 11.7. The van der Waals surface area contributed by atoms with E-state index in [0.29, 0.717) is 6.42 Å². The van der Waals surface area contributed by atoms with Gasteiger partial charge in [0.15, 0.2) is 0 Å². The van der Waals surface area contributed by atoms with Crippen LogP contribution >= 0.6 is 0 Å². The Morgan fingerprint density at radius 3 is 2.16 bits per heavy atom. The molecule has 1 amide bonds. The van der Waals surface area contributed by atoms with Crippen molar-refractivity contribution in [2.45, 2.75) is 31.5 Å². The highest BCUT2D eigenvalue weighted by atomic mass is 19.4. The lowest BCUT2D eigenvalue weighted by Crippen LogP contribution is -2.37. The normalized spacial score (nSPS) is 12.2. The van der Waals surface area contributed by atoms with Crippen LogP contribution in [-0.2, 0) is 17.4 Å². The van der Waals surface area contributed by atoms with E-state index in [1.807, 2.05) is 54.6 Å². The van der Waals surface area contributed by atoms with Crippen molar-refractivity contribution in [3.8, 4) is 11.1 Å². The summed E-state index contributed by atoms with van der Waals surface area (Å²) >= 11 is 0. The predicted octanol–water partition coefficient (Wildman–Crippen LogP) is 5.58. The van der Waals surface area contributed by atoms with Crippen LogP contribution in [0.1, 0.15) is 34.3 Å². The summed E-state index contributed by atoms with van der Waals surface area (Å²) < 4.78 is 38.8. The van der Waals surface area contributed by atoms with Gasteiger partial charge in [0, 0.05) is 18.0 Å². The van der Waals surface area contributed by atoms with Gasteiger partial charge in [-0.3, -0.25) is 9.59 Å². The summed E-state index contributed by atoms with van der Waals surface area (Å²) in [5.41, 5.74) is 1.91. The van der Waals surface area contributed by atoms with E-state index in [-0.39, 0.29) is 18.4 Å². The first-order chi connectivity index (χ1) is 15.2. The van der Waals surface area contributed by atoms with Gasteiger partial charge in [0.05, 0.1) is 5.56 Å². The molecule has 0 saturated carbocycles. The fourth-order valence-electron chi connectivity index (χ4n) is 3.38. The maximum absolute atomic E-state index is 12.9. The Morgan fingerprint density at radius 1 is 0.875 bits per heavy atom.